The van der Waals surface area contributed by atoms with Crippen molar-refractivity contribution in [2.75, 3.05) is 26.2 Å². The second kappa shape index (κ2) is 6.28. The number of amides is 1. The van der Waals surface area contributed by atoms with Gasteiger partial charge in [0.25, 0.3) is 0 Å². The number of nitrogens with one attached hydrogen (secondary N) is 1. The van der Waals surface area contributed by atoms with Crippen LogP contribution in [0.4, 0.5) is 4.39 Å². The highest BCUT2D eigenvalue weighted by Crippen LogP contribution is 2.28. The van der Waals surface area contributed by atoms with Crippen molar-refractivity contribution < 1.29 is 13.9 Å². The predicted octanol–water partition coefficient (Wildman–Crippen LogP) is 0.622. The third kappa shape index (κ3) is 2.74. The van der Waals surface area contributed by atoms with E-state index in [-0.39, 0.29) is 12.5 Å². The molecule has 1 aromatic rings. The van der Waals surface area contributed by atoms with E-state index in [1.165, 1.54) is 6.20 Å². The SMILES string of the molecule is N#Cc1cncc2c1OCCN(C(=O)[C@H]1CCNC[C@@H]1F)C2. The van der Waals surface area contributed by atoms with E-state index in [0.29, 0.717) is 49.5 Å². The van der Waals surface area contributed by atoms with Gasteiger partial charge in [0, 0.05) is 24.5 Å². The lowest BCUT2D eigenvalue weighted by atomic mass is 9.94. The highest BCUT2D eigenvalue weighted by Gasteiger charge is 2.35. The summed E-state index contributed by atoms with van der Waals surface area (Å²) in [6.07, 6.45) is 2.38. The molecule has 2 aliphatic heterocycles. The average molecular weight is 304 g/mol. The molecule has 0 unspecified atom stereocenters. The van der Waals surface area contributed by atoms with Gasteiger partial charge in [-0.25, -0.2) is 4.39 Å². The molecule has 22 heavy (non-hydrogen) atoms. The van der Waals surface area contributed by atoms with Crippen LogP contribution < -0.4 is 10.1 Å². The first-order chi connectivity index (χ1) is 10.7. The summed E-state index contributed by atoms with van der Waals surface area (Å²) in [5, 5.41) is 12.0. The van der Waals surface area contributed by atoms with Gasteiger partial charge < -0.3 is 15.0 Å². The molecule has 1 aromatic heterocycles. The molecule has 7 heteroatoms. The number of alkyl halides is 1. The van der Waals surface area contributed by atoms with Crippen LogP contribution in [0, 0.1) is 17.2 Å². The van der Waals surface area contributed by atoms with Crippen molar-refractivity contribution in [3.63, 3.8) is 0 Å². The number of nitriles is 1. The Kier molecular flexibility index (Phi) is 4.20. The predicted molar refractivity (Wildman–Crippen MR) is 75.7 cm³/mol. The minimum atomic E-state index is -1.16. The Morgan fingerprint density at radius 3 is 3.18 bits per heavy atom. The van der Waals surface area contributed by atoms with E-state index in [0.717, 1.165) is 0 Å². The highest BCUT2D eigenvalue weighted by molar-refractivity contribution is 5.80. The summed E-state index contributed by atoms with van der Waals surface area (Å²) in [6, 6.07) is 2.04. The van der Waals surface area contributed by atoms with E-state index < -0.39 is 12.1 Å². The maximum Gasteiger partial charge on any atom is 0.229 e. The van der Waals surface area contributed by atoms with Crippen LogP contribution in [0.15, 0.2) is 12.4 Å². The number of aromatic nitrogens is 1. The molecule has 0 aliphatic carbocycles. The van der Waals surface area contributed by atoms with Crippen LogP contribution in [-0.2, 0) is 11.3 Å². The van der Waals surface area contributed by atoms with E-state index >= 15 is 0 Å². The smallest absolute Gasteiger partial charge is 0.229 e. The normalized spacial score (nSPS) is 24.6. The molecule has 0 saturated carbocycles. The lowest BCUT2D eigenvalue weighted by molar-refractivity contribution is -0.139. The van der Waals surface area contributed by atoms with Crippen molar-refractivity contribution in [1.82, 2.24) is 15.2 Å². The number of rotatable bonds is 1. The van der Waals surface area contributed by atoms with Crippen LogP contribution in [0.1, 0.15) is 17.5 Å². The number of hydrogen-bond acceptors (Lipinski definition) is 5. The van der Waals surface area contributed by atoms with Gasteiger partial charge in [0.2, 0.25) is 5.91 Å². The van der Waals surface area contributed by atoms with Gasteiger partial charge in [-0.3, -0.25) is 9.78 Å². The summed E-state index contributed by atoms with van der Waals surface area (Å²) in [5.74, 6) is -0.308. The van der Waals surface area contributed by atoms with Crippen molar-refractivity contribution >= 4 is 5.91 Å². The van der Waals surface area contributed by atoms with Crippen LogP contribution in [-0.4, -0.2) is 48.2 Å². The molecule has 2 atom stereocenters. The summed E-state index contributed by atoms with van der Waals surface area (Å²) in [5.41, 5.74) is 1.05. The van der Waals surface area contributed by atoms with Gasteiger partial charge in [0.05, 0.1) is 19.0 Å². The molecule has 0 aromatic carbocycles. The van der Waals surface area contributed by atoms with Crippen molar-refractivity contribution in [2.45, 2.75) is 19.1 Å². The minimum absolute atomic E-state index is 0.187. The maximum absolute atomic E-state index is 14.0. The quantitative estimate of drug-likeness (QED) is 0.823. The second-order valence-electron chi connectivity index (χ2n) is 5.51. The number of fused-ring (bicyclic) bond motifs is 1. The van der Waals surface area contributed by atoms with Gasteiger partial charge in [-0.2, -0.15) is 5.26 Å². The number of carbonyl (C=O) groups excluding carboxylic acids is 1. The van der Waals surface area contributed by atoms with Crippen molar-refractivity contribution in [1.29, 1.82) is 5.26 Å². The van der Waals surface area contributed by atoms with Crippen LogP contribution in [0.2, 0.25) is 0 Å². The zero-order valence-electron chi connectivity index (χ0n) is 12.1. The number of ether oxygens (including phenoxy) is 1. The summed E-state index contributed by atoms with van der Waals surface area (Å²) >= 11 is 0. The number of pyridine rings is 1. The van der Waals surface area contributed by atoms with Gasteiger partial charge in [0.1, 0.15) is 30.2 Å². The topological polar surface area (TPSA) is 78.2 Å². The maximum atomic E-state index is 14.0. The standard InChI is InChI=1S/C15H17FN4O2/c16-13-8-18-2-1-12(13)15(21)20-3-4-22-14-10(5-17)6-19-7-11(14)9-20/h6-7,12-13,18H,1-4,8-9H2/t12-,13-/m0/s1. The van der Waals surface area contributed by atoms with Gasteiger partial charge in [-0.05, 0) is 13.0 Å². The Labute approximate surface area is 127 Å². The van der Waals surface area contributed by atoms with Gasteiger partial charge in [0.15, 0.2) is 0 Å². The summed E-state index contributed by atoms with van der Waals surface area (Å²) in [7, 11) is 0. The van der Waals surface area contributed by atoms with Crippen LogP contribution in [0.3, 0.4) is 0 Å². The average Bonchev–Trinajstić information content (AvgIpc) is 2.76. The summed E-state index contributed by atoms with van der Waals surface area (Å²) in [4.78, 5) is 18.2. The lowest BCUT2D eigenvalue weighted by Gasteiger charge is -2.30. The first-order valence-corrected chi connectivity index (χ1v) is 7.34. The molecule has 3 rings (SSSR count). The van der Waals surface area contributed by atoms with E-state index in [1.807, 2.05) is 6.07 Å². The zero-order chi connectivity index (χ0) is 15.5. The Balaban J connectivity index is 1.81. The first kappa shape index (κ1) is 14.7. The molecule has 1 amide bonds. The van der Waals surface area contributed by atoms with Gasteiger partial charge in [-0.15, -0.1) is 0 Å². The molecule has 1 fully saturated rings. The number of nitrogens with zero attached hydrogens (tertiary/aromatic N) is 3. The Hall–Kier alpha value is -2.20. The van der Waals surface area contributed by atoms with Crippen molar-refractivity contribution in [3.05, 3.63) is 23.5 Å². The molecular formula is C15H17FN4O2. The molecule has 0 bridgehead atoms. The van der Waals surface area contributed by atoms with E-state index in [9.17, 15) is 9.18 Å². The minimum Gasteiger partial charge on any atom is -0.490 e. The zero-order valence-corrected chi connectivity index (χ0v) is 12.1. The molecule has 0 radical (unpaired) electrons. The molecule has 2 aliphatic rings. The van der Waals surface area contributed by atoms with E-state index in [4.69, 9.17) is 10.00 Å². The Morgan fingerprint density at radius 1 is 1.55 bits per heavy atom. The third-order valence-electron chi connectivity index (χ3n) is 4.10. The van der Waals surface area contributed by atoms with Crippen LogP contribution in [0.5, 0.6) is 5.75 Å². The van der Waals surface area contributed by atoms with Gasteiger partial charge in [-0.1, -0.05) is 0 Å². The Bertz CT molecular complexity index is 616. The fourth-order valence-corrected chi connectivity index (χ4v) is 2.92. The second-order valence-corrected chi connectivity index (χ2v) is 5.51. The molecular weight excluding hydrogens is 287 g/mol. The monoisotopic (exact) mass is 304 g/mol. The summed E-state index contributed by atoms with van der Waals surface area (Å²) in [6.45, 7) is 1.84. The van der Waals surface area contributed by atoms with Crippen LogP contribution in [0.25, 0.3) is 0 Å². The van der Waals surface area contributed by atoms with Crippen molar-refractivity contribution in [2.24, 2.45) is 5.92 Å². The molecule has 1 N–H and O–H groups in total. The van der Waals surface area contributed by atoms with Crippen molar-refractivity contribution in [3.8, 4) is 11.8 Å². The fourth-order valence-electron chi connectivity index (χ4n) is 2.92. The van der Waals surface area contributed by atoms with E-state index in [2.05, 4.69) is 10.3 Å². The number of hydrogen-bond donors (Lipinski definition) is 1. The number of piperidine rings is 1. The van der Waals surface area contributed by atoms with Crippen LogP contribution >= 0.6 is 0 Å². The molecule has 1 saturated heterocycles. The van der Waals surface area contributed by atoms with E-state index in [1.54, 1.807) is 11.1 Å². The lowest BCUT2D eigenvalue weighted by Crippen LogP contribution is -2.47. The highest BCUT2D eigenvalue weighted by atomic mass is 19.1. The first-order valence-electron chi connectivity index (χ1n) is 7.34. The summed E-state index contributed by atoms with van der Waals surface area (Å²) < 4.78 is 19.6. The largest absolute Gasteiger partial charge is 0.490 e. The fraction of sp³-hybridized carbons (Fsp3) is 0.533. The third-order valence-corrected chi connectivity index (χ3v) is 4.10. The molecule has 6 nitrogen and oxygen atoms in total. The Morgan fingerprint density at radius 2 is 2.41 bits per heavy atom. The molecule has 3 heterocycles. The molecule has 116 valence electrons. The number of carbonyl (C=O) groups is 1. The molecule has 0 spiro atoms. The number of halogens is 1. The van der Waals surface area contributed by atoms with Gasteiger partial charge >= 0.3 is 0 Å².